The maximum absolute atomic E-state index is 9.56. The summed E-state index contributed by atoms with van der Waals surface area (Å²) in [6.45, 7) is 33.0. The smallest absolute Gasteiger partial charge is 0.135 e. The van der Waals surface area contributed by atoms with Crippen molar-refractivity contribution in [1.82, 2.24) is 4.98 Å². The first-order chi connectivity index (χ1) is 42.0. The number of aryl methyl sites for hydroxylation is 2. The summed E-state index contributed by atoms with van der Waals surface area (Å²) in [5.74, 6) is 1.81. The van der Waals surface area contributed by atoms with Crippen LogP contribution in [-0.4, -0.2) is 13.1 Å². The Kier molecular flexibility index (Phi) is 12.8. The molecule has 7 heteroatoms. The molecule has 85 heavy (non-hydrogen) atoms. The molecule has 10 aromatic rings. The summed E-state index contributed by atoms with van der Waals surface area (Å²) in [5.41, 5.74) is 16.0. The molecule has 0 N–H and O–H groups in total. The molecular formula is C78H75N4OPtSi-3. The van der Waals surface area contributed by atoms with Gasteiger partial charge in [-0.15, -0.1) is 47.9 Å². The number of pyridine rings is 1. The van der Waals surface area contributed by atoms with Gasteiger partial charge in [0.05, 0.1) is 6.85 Å². The molecule has 0 radical (unpaired) electrons. The number of hydrogen-bond donors (Lipinski definition) is 0. The Hall–Kier alpha value is -7.76. The van der Waals surface area contributed by atoms with Gasteiger partial charge in [-0.1, -0.05) is 215 Å². The van der Waals surface area contributed by atoms with Crippen LogP contribution in [-0.2, 0) is 42.7 Å². The Bertz CT molecular complexity index is 4460. The van der Waals surface area contributed by atoms with Crippen molar-refractivity contribution < 1.29 is 32.7 Å². The van der Waals surface area contributed by atoms with Gasteiger partial charge in [0.1, 0.15) is 13.9 Å². The fourth-order valence-corrected chi connectivity index (χ4v) is 18.3. The van der Waals surface area contributed by atoms with Crippen molar-refractivity contribution in [3.63, 3.8) is 0 Å². The Labute approximate surface area is 527 Å². The third kappa shape index (κ3) is 9.97. The fourth-order valence-electron chi connectivity index (χ4n) is 12.6. The molecule has 0 atom stereocenters. The predicted octanol–water partition coefficient (Wildman–Crippen LogP) is 18.2. The van der Waals surface area contributed by atoms with E-state index in [1.807, 2.05) is 49.3 Å². The second kappa shape index (κ2) is 21.0. The molecule has 0 aliphatic carbocycles. The van der Waals surface area contributed by atoms with Crippen molar-refractivity contribution >= 4 is 68.8 Å². The van der Waals surface area contributed by atoms with E-state index >= 15 is 0 Å². The number of anilines is 7. The Morgan fingerprint density at radius 1 is 0.471 bits per heavy atom. The molecule has 0 saturated carbocycles. The van der Waals surface area contributed by atoms with Crippen LogP contribution in [0.2, 0.25) is 0 Å². The largest absolute Gasteiger partial charge is 0.509 e. The number of nitrogens with zero attached hydrogens (tertiary/aromatic N) is 4. The van der Waals surface area contributed by atoms with Crippen molar-refractivity contribution in [1.29, 1.82) is 0 Å². The summed E-state index contributed by atoms with van der Waals surface area (Å²) >= 11 is 0. The number of fused-ring (bicyclic) bond motifs is 10. The van der Waals surface area contributed by atoms with Crippen molar-refractivity contribution in [2.45, 2.75) is 119 Å². The minimum absolute atomic E-state index is 0. The first-order valence-corrected chi connectivity index (χ1v) is 31.3. The van der Waals surface area contributed by atoms with Crippen LogP contribution in [0.25, 0.3) is 33.4 Å². The van der Waals surface area contributed by atoms with Gasteiger partial charge in [0.15, 0.2) is 0 Å². The van der Waals surface area contributed by atoms with Gasteiger partial charge in [-0.2, -0.15) is 12.1 Å². The minimum Gasteiger partial charge on any atom is -0.509 e. The molecule has 4 heterocycles. The topological polar surface area (TPSA) is 31.8 Å². The zero-order chi connectivity index (χ0) is 63.2. The van der Waals surface area contributed by atoms with E-state index < -0.39 is 19.5 Å². The molecule has 0 fully saturated rings. The zero-order valence-electron chi connectivity index (χ0n) is 56.2. The number of benzene rings is 9. The van der Waals surface area contributed by atoms with E-state index in [1.54, 1.807) is 0 Å². The molecule has 3 aliphatic rings. The van der Waals surface area contributed by atoms with E-state index in [2.05, 4.69) is 245 Å². The Morgan fingerprint density at radius 2 is 1.02 bits per heavy atom. The number of hydrogen-bond acceptors (Lipinski definition) is 5. The molecular weight excluding hydrogens is 1230 g/mol. The van der Waals surface area contributed by atoms with Gasteiger partial charge in [0.25, 0.3) is 0 Å². The van der Waals surface area contributed by atoms with E-state index in [1.165, 1.54) is 48.6 Å². The van der Waals surface area contributed by atoms with Crippen molar-refractivity contribution in [3.8, 4) is 44.9 Å². The Balaban J connectivity index is 0.00000785. The summed E-state index contributed by atoms with van der Waals surface area (Å²) in [7, 11) is -3.03. The van der Waals surface area contributed by atoms with Gasteiger partial charge < -0.3 is 19.4 Å². The summed E-state index contributed by atoms with van der Waals surface area (Å²) in [5, 5.41) is 5.25. The van der Waals surface area contributed by atoms with Crippen LogP contribution < -0.4 is 40.2 Å². The van der Waals surface area contributed by atoms with Gasteiger partial charge in [0.2, 0.25) is 0 Å². The normalized spacial score (nSPS) is 14.9. The number of ether oxygens (including phenoxy) is 1. The standard InChI is InChI=1S/C78H75N4OSi.Pt/c1-50-31-34-61-62-35-32-51(2)40-72(62)84(71(61)39-50)69-30-21-20-29-67(69)82(73-46-54(37-38-79-73)75(3,4)5)68-48-60(33-36-70(68)84)83-59-26-22-25-58(47-59)80-49-81(66-28-19-18-27-65(66)80)74-63(52-23-16-15-17-24-52)44-57(78(12,13)14)45-64(74)53-41-55(76(6,7)8)43-56(42-53)77(9,10)11;/h15-46,49H,1-14H3;/q-3;/i15D,16D,17D,23D,24D;. The molecule has 0 saturated heterocycles. The molecule has 0 unspecified atom stereocenters. The van der Waals surface area contributed by atoms with Crippen LogP contribution in [0.4, 0.5) is 39.9 Å². The van der Waals surface area contributed by atoms with Gasteiger partial charge in [-0.25, -0.2) is 4.98 Å². The van der Waals surface area contributed by atoms with Crippen LogP contribution in [0.15, 0.2) is 194 Å². The molecule has 5 nitrogen and oxygen atoms in total. The quantitative estimate of drug-likeness (QED) is 0.117. The summed E-state index contributed by atoms with van der Waals surface area (Å²) in [6, 6.07) is 62.7. The van der Waals surface area contributed by atoms with E-state index in [9.17, 15) is 2.74 Å². The summed E-state index contributed by atoms with van der Waals surface area (Å²) in [4.78, 5) is 11.7. The molecule has 1 spiro atoms. The average molecular weight is 1310 g/mol. The molecule has 0 amide bonds. The molecule has 430 valence electrons. The first-order valence-electron chi connectivity index (χ1n) is 31.8. The van der Waals surface area contributed by atoms with Crippen LogP contribution in [0, 0.1) is 32.6 Å². The maximum Gasteiger partial charge on any atom is 0.135 e. The average Bonchev–Trinajstić information content (AvgIpc) is 1.42. The van der Waals surface area contributed by atoms with E-state index in [0.29, 0.717) is 28.4 Å². The fraction of sp³-hybridized carbons (Fsp3) is 0.231. The van der Waals surface area contributed by atoms with E-state index in [-0.39, 0.29) is 67.0 Å². The van der Waals surface area contributed by atoms with Crippen LogP contribution in [0.3, 0.4) is 0 Å². The molecule has 3 aliphatic heterocycles. The molecule has 1 aromatic heterocycles. The second-order valence-electron chi connectivity index (χ2n) is 27.3. The third-order valence-corrected chi connectivity index (χ3v) is 22.1. The van der Waals surface area contributed by atoms with Crippen molar-refractivity contribution in [3.05, 3.63) is 246 Å². The summed E-state index contributed by atoms with van der Waals surface area (Å²) in [6.07, 6.45) is 1.92. The molecule has 13 rings (SSSR count). The van der Waals surface area contributed by atoms with E-state index in [4.69, 9.17) is 13.8 Å². The number of rotatable bonds is 7. The number of aromatic nitrogens is 1. The van der Waals surface area contributed by atoms with Crippen molar-refractivity contribution in [2.24, 2.45) is 0 Å². The monoisotopic (exact) mass is 1310 g/mol. The summed E-state index contributed by atoms with van der Waals surface area (Å²) < 4.78 is 52.9. The van der Waals surface area contributed by atoms with Crippen molar-refractivity contribution in [2.75, 3.05) is 14.7 Å². The maximum atomic E-state index is 9.56. The SMILES string of the molecule is [2H]c1c([2H])c([2H])c(-c2cc(C(C)(C)C)cc(-c3cc(C(C)(C)C)cc(C(C)(C)C)c3)c2N2[CH-]N(c3[c-]c(Oc4[c-]c5c(cc4)[Si]4(c6cc(C)ccc6-c6ccc(C)cc64)c4ccccc4N5c4cc(C(C)(C)C)ccn4)ccc3)c3ccccc32)c([2H])c1[2H].[Pt]. The molecule has 0 bridgehead atoms. The van der Waals surface area contributed by atoms with Crippen LogP contribution >= 0.6 is 0 Å². The third-order valence-electron chi connectivity index (χ3n) is 17.2. The predicted molar refractivity (Wildman–Crippen MR) is 356 cm³/mol. The second-order valence-corrected chi connectivity index (χ2v) is 30.9. The van der Waals surface area contributed by atoms with Crippen LogP contribution in [0.5, 0.6) is 11.5 Å². The number of para-hydroxylation sites is 3. The zero-order valence-corrected chi connectivity index (χ0v) is 54.5. The molecule has 9 aromatic carbocycles. The Morgan fingerprint density at radius 3 is 1.64 bits per heavy atom. The minimum atomic E-state index is -3.03. The van der Waals surface area contributed by atoms with Gasteiger partial charge >= 0.3 is 0 Å². The van der Waals surface area contributed by atoms with Gasteiger partial charge in [-0.05, 0) is 138 Å². The van der Waals surface area contributed by atoms with E-state index in [0.717, 1.165) is 56.4 Å². The first kappa shape index (κ1) is 51.6. The van der Waals surface area contributed by atoms with Gasteiger partial charge in [0, 0.05) is 72.6 Å². The van der Waals surface area contributed by atoms with Crippen LogP contribution in [0.1, 0.15) is 123 Å². The van der Waals surface area contributed by atoms with Gasteiger partial charge in [-0.3, -0.25) is 0 Å².